The molecule has 0 bridgehead atoms. The van der Waals surface area contributed by atoms with Crippen LogP contribution in [0.3, 0.4) is 0 Å². The Morgan fingerprint density at radius 3 is 2.00 bits per heavy atom. The highest BCUT2D eigenvalue weighted by Gasteiger charge is 1.96. The molecule has 1 aliphatic heterocycles. The molecule has 0 atom stereocenters. The van der Waals surface area contributed by atoms with E-state index in [1.165, 1.54) is 43.6 Å². The van der Waals surface area contributed by atoms with Crippen LogP contribution < -0.4 is 0 Å². The van der Waals surface area contributed by atoms with Crippen molar-refractivity contribution in [2.45, 2.75) is 58.3 Å². The van der Waals surface area contributed by atoms with Gasteiger partial charge < -0.3 is 5.11 Å². The molecule has 0 spiro atoms. The zero-order valence-corrected chi connectivity index (χ0v) is 11.9. The predicted octanol–water partition coefficient (Wildman–Crippen LogP) is 4.59. The lowest BCUT2D eigenvalue weighted by Gasteiger charge is -2.04. The normalized spacial score (nSPS) is 15.1. The van der Waals surface area contributed by atoms with Gasteiger partial charge in [0.15, 0.2) is 0 Å². The highest BCUT2D eigenvalue weighted by atomic mass is 33.1. The first-order valence-electron chi connectivity index (χ1n) is 6.23. The second kappa shape index (κ2) is 13.2. The molecule has 16 heavy (non-hydrogen) atoms. The molecule has 1 N–H and O–H groups in total. The van der Waals surface area contributed by atoms with Crippen molar-refractivity contribution in [1.82, 2.24) is 0 Å². The lowest BCUT2D eigenvalue weighted by Crippen LogP contribution is -1.93. The minimum atomic E-state index is -0.670. The van der Waals surface area contributed by atoms with Crippen LogP contribution in [0.4, 0.5) is 0 Å². The number of carboxylic acids is 1. The van der Waals surface area contributed by atoms with E-state index in [-0.39, 0.29) is 0 Å². The predicted molar refractivity (Wildman–Crippen MR) is 75.2 cm³/mol. The van der Waals surface area contributed by atoms with Gasteiger partial charge in [-0.15, -0.1) is 0 Å². The van der Waals surface area contributed by atoms with Crippen LogP contribution in [0.5, 0.6) is 0 Å². The van der Waals surface area contributed by atoms with Gasteiger partial charge in [0, 0.05) is 17.9 Å². The van der Waals surface area contributed by atoms with E-state index in [4.69, 9.17) is 5.11 Å². The van der Waals surface area contributed by atoms with Crippen molar-refractivity contribution >= 4 is 27.6 Å². The molecule has 0 amide bonds. The number of rotatable bonds is 6. The zero-order chi connectivity index (χ0) is 12.1. The second-order valence-corrected chi connectivity index (χ2v) is 6.61. The fourth-order valence-corrected chi connectivity index (χ4v) is 3.61. The third-order valence-electron chi connectivity index (χ3n) is 2.28. The number of carboxylic acid groups (broad SMARTS) is 1. The topological polar surface area (TPSA) is 37.3 Å². The SMILES string of the molecule is C1CCSSC1.CCCCCCCC(=O)O. The van der Waals surface area contributed by atoms with Gasteiger partial charge in [-0.05, 0) is 19.3 Å². The molecule has 1 fully saturated rings. The van der Waals surface area contributed by atoms with Gasteiger partial charge in [-0.1, -0.05) is 54.2 Å². The molecule has 0 aromatic rings. The molecule has 0 radical (unpaired) electrons. The van der Waals surface area contributed by atoms with E-state index >= 15 is 0 Å². The highest BCUT2D eigenvalue weighted by molar-refractivity contribution is 8.76. The summed E-state index contributed by atoms with van der Waals surface area (Å²) in [5.74, 6) is 2.09. The summed E-state index contributed by atoms with van der Waals surface area (Å²) in [6.45, 7) is 2.15. The summed E-state index contributed by atoms with van der Waals surface area (Å²) < 4.78 is 0. The fraction of sp³-hybridized carbons (Fsp3) is 0.917. The summed E-state index contributed by atoms with van der Waals surface area (Å²) in [7, 11) is 4.02. The van der Waals surface area contributed by atoms with Crippen LogP contribution in [-0.4, -0.2) is 22.6 Å². The van der Waals surface area contributed by atoms with Gasteiger partial charge in [0.2, 0.25) is 0 Å². The molecule has 0 aromatic heterocycles. The first-order valence-corrected chi connectivity index (χ1v) is 8.72. The van der Waals surface area contributed by atoms with Gasteiger partial charge in [-0.2, -0.15) is 0 Å². The molecule has 0 aromatic carbocycles. The Kier molecular flexibility index (Phi) is 13.4. The molecule has 0 aliphatic carbocycles. The van der Waals surface area contributed by atoms with Crippen LogP contribution in [0.1, 0.15) is 58.3 Å². The molecule has 1 heterocycles. The summed E-state index contributed by atoms with van der Waals surface area (Å²) in [4.78, 5) is 10.0. The molecule has 0 saturated carbocycles. The van der Waals surface area contributed by atoms with E-state index in [9.17, 15) is 4.79 Å². The summed E-state index contributed by atoms with van der Waals surface area (Å²) in [5.41, 5.74) is 0. The van der Waals surface area contributed by atoms with Crippen LogP contribution in [0, 0.1) is 0 Å². The average molecular weight is 264 g/mol. The van der Waals surface area contributed by atoms with Gasteiger partial charge in [0.25, 0.3) is 0 Å². The van der Waals surface area contributed by atoms with Gasteiger partial charge in [-0.3, -0.25) is 4.79 Å². The van der Waals surface area contributed by atoms with E-state index in [1.54, 1.807) is 0 Å². The minimum Gasteiger partial charge on any atom is -0.481 e. The van der Waals surface area contributed by atoms with Crippen molar-refractivity contribution in [1.29, 1.82) is 0 Å². The Morgan fingerprint density at radius 2 is 1.62 bits per heavy atom. The van der Waals surface area contributed by atoms with Crippen LogP contribution in [-0.2, 0) is 4.79 Å². The number of aliphatic carboxylic acids is 1. The number of hydrogen-bond acceptors (Lipinski definition) is 3. The van der Waals surface area contributed by atoms with Gasteiger partial charge >= 0.3 is 5.97 Å². The van der Waals surface area contributed by atoms with Crippen LogP contribution in [0.25, 0.3) is 0 Å². The molecule has 4 heteroatoms. The maximum Gasteiger partial charge on any atom is 0.303 e. The molecule has 96 valence electrons. The van der Waals surface area contributed by atoms with Crippen LogP contribution >= 0.6 is 21.6 Å². The minimum absolute atomic E-state index is 0.337. The number of hydrogen-bond donors (Lipinski definition) is 1. The molecular weight excluding hydrogens is 240 g/mol. The first kappa shape index (κ1) is 16.2. The van der Waals surface area contributed by atoms with E-state index in [0.29, 0.717) is 6.42 Å². The van der Waals surface area contributed by atoms with Gasteiger partial charge in [0.1, 0.15) is 0 Å². The highest BCUT2D eigenvalue weighted by Crippen LogP contribution is 2.28. The lowest BCUT2D eigenvalue weighted by molar-refractivity contribution is -0.137. The van der Waals surface area contributed by atoms with Crippen LogP contribution in [0.15, 0.2) is 0 Å². The van der Waals surface area contributed by atoms with Crippen molar-refractivity contribution in [2.75, 3.05) is 11.5 Å². The maximum absolute atomic E-state index is 10.0. The van der Waals surface area contributed by atoms with E-state index < -0.39 is 5.97 Å². The summed E-state index contributed by atoms with van der Waals surface area (Å²) >= 11 is 0. The van der Waals surface area contributed by atoms with Crippen molar-refractivity contribution in [2.24, 2.45) is 0 Å². The zero-order valence-electron chi connectivity index (χ0n) is 10.2. The Labute approximate surface area is 107 Å². The summed E-state index contributed by atoms with van der Waals surface area (Å²) in [5, 5.41) is 8.27. The largest absolute Gasteiger partial charge is 0.481 e. The van der Waals surface area contributed by atoms with E-state index in [2.05, 4.69) is 6.92 Å². The third kappa shape index (κ3) is 14.2. The Bertz CT molecular complexity index is 148. The Hall–Kier alpha value is 0.170. The quantitative estimate of drug-likeness (QED) is 0.562. The maximum atomic E-state index is 10.0. The van der Waals surface area contributed by atoms with Crippen molar-refractivity contribution in [3.05, 3.63) is 0 Å². The fourth-order valence-electron chi connectivity index (χ4n) is 1.32. The Balaban J connectivity index is 0.000000315. The third-order valence-corrected chi connectivity index (χ3v) is 4.86. The number of carbonyl (C=O) groups is 1. The van der Waals surface area contributed by atoms with E-state index in [1.807, 2.05) is 21.6 Å². The first-order chi connectivity index (χ1) is 7.77. The standard InChI is InChI=1S/C8H16O2.C4H8S2/c1-2-3-4-5-6-7-8(9)10;1-2-4-6-5-3-1/h2-7H2,1H3,(H,9,10);1-4H2. The van der Waals surface area contributed by atoms with Gasteiger partial charge in [0.05, 0.1) is 0 Å². The van der Waals surface area contributed by atoms with Gasteiger partial charge in [-0.25, -0.2) is 0 Å². The van der Waals surface area contributed by atoms with Crippen molar-refractivity contribution in [3.63, 3.8) is 0 Å². The Morgan fingerprint density at radius 1 is 1.06 bits per heavy atom. The molecule has 2 nitrogen and oxygen atoms in total. The molecule has 1 aliphatic rings. The smallest absolute Gasteiger partial charge is 0.303 e. The molecular formula is C12H24O2S2. The molecule has 1 saturated heterocycles. The summed E-state index contributed by atoms with van der Waals surface area (Å²) in [6, 6.07) is 0. The molecule has 1 rings (SSSR count). The van der Waals surface area contributed by atoms with Crippen LogP contribution in [0.2, 0.25) is 0 Å². The monoisotopic (exact) mass is 264 g/mol. The van der Waals surface area contributed by atoms with Crippen molar-refractivity contribution in [3.8, 4) is 0 Å². The second-order valence-electron chi connectivity index (χ2n) is 3.91. The van der Waals surface area contributed by atoms with E-state index in [0.717, 1.165) is 12.8 Å². The number of unbranched alkanes of at least 4 members (excludes halogenated alkanes) is 4. The molecule has 0 unspecified atom stereocenters. The lowest BCUT2D eigenvalue weighted by atomic mass is 10.1. The average Bonchev–Trinajstić information content (AvgIpc) is 2.31. The van der Waals surface area contributed by atoms with Crippen molar-refractivity contribution < 1.29 is 9.90 Å². The summed E-state index contributed by atoms with van der Waals surface area (Å²) in [6.07, 6.45) is 8.77.